The van der Waals surface area contributed by atoms with Gasteiger partial charge in [-0.3, -0.25) is 0 Å². The van der Waals surface area contributed by atoms with E-state index < -0.39 is 5.82 Å². The zero-order chi connectivity index (χ0) is 13.0. The summed E-state index contributed by atoms with van der Waals surface area (Å²) in [6.45, 7) is 2.00. The maximum Gasteiger partial charge on any atom is 0.129 e. The van der Waals surface area contributed by atoms with Crippen LogP contribution in [0.2, 0.25) is 0 Å². The molecule has 1 N–H and O–H groups in total. The maximum atomic E-state index is 13.2. The molecule has 2 aromatic rings. The van der Waals surface area contributed by atoms with Gasteiger partial charge < -0.3 is 9.94 Å². The van der Waals surface area contributed by atoms with Crippen LogP contribution in [0.1, 0.15) is 17.4 Å². The van der Waals surface area contributed by atoms with Gasteiger partial charge in [-0.25, -0.2) is 4.39 Å². The number of benzene rings is 1. The predicted molar refractivity (Wildman–Crippen MR) is 69.0 cm³/mol. The third-order valence-corrected chi connectivity index (χ3v) is 3.28. The van der Waals surface area contributed by atoms with E-state index >= 15 is 0 Å². The van der Waals surface area contributed by atoms with Crippen LogP contribution in [0.25, 0.3) is 0 Å². The molecular weight excluding hydrogens is 253 g/mol. The average molecular weight is 265 g/mol. The van der Waals surface area contributed by atoms with Crippen molar-refractivity contribution in [1.29, 1.82) is 0 Å². The van der Waals surface area contributed by atoms with Crippen LogP contribution in [-0.4, -0.2) is 10.9 Å². The van der Waals surface area contributed by atoms with Crippen LogP contribution in [0.4, 0.5) is 4.39 Å². The molecule has 0 amide bonds. The molecule has 0 fully saturated rings. The first-order valence-electron chi connectivity index (χ1n) is 5.34. The van der Waals surface area contributed by atoms with Gasteiger partial charge in [-0.2, -0.15) is 0 Å². The Balaban J connectivity index is 2.21. The molecule has 0 aliphatic rings. The molecule has 0 radical (unpaired) electrons. The Morgan fingerprint density at radius 3 is 2.94 bits per heavy atom. The number of nitrogens with zero attached hydrogens (tertiary/aromatic N) is 1. The lowest BCUT2D eigenvalue weighted by atomic mass is 10.1. The van der Waals surface area contributed by atoms with Crippen molar-refractivity contribution in [1.82, 2.24) is 0 Å². The molecule has 0 atom stereocenters. The smallest absolute Gasteiger partial charge is 0.129 e. The van der Waals surface area contributed by atoms with Crippen molar-refractivity contribution in [2.24, 2.45) is 5.16 Å². The molecule has 0 saturated heterocycles. The molecule has 0 saturated carbocycles. The minimum absolute atomic E-state index is 0.315. The second-order valence-corrected chi connectivity index (χ2v) is 4.73. The van der Waals surface area contributed by atoms with Crippen LogP contribution >= 0.6 is 11.3 Å². The van der Waals surface area contributed by atoms with Crippen molar-refractivity contribution >= 4 is 17.0 Å². The molecule has 0 aliphatic heterocycles. The van der Waals surface area contributed by atoms with Crippen LogP contribution in [0.3, 0.4) is 0 Å². The molecule has 3 nitrogen and oxygen atoms in total. The molecule has 1 aromatic carbocycles. The van der Waals surface area contributed by atoms with Gasteiger partial charge in [-0.15, -0.1) is 11.3 Å². The Kier molecular flexibility index (Phi) is 3.94. The highest BCUT2D eigenvalue weighted by Crippen LogP contribution is 2.22. The number of halogens is 1. The third-order valence-electron chi connectivity index (χ3n) is 2.43. The van der Waals surface area contributed by atoms with Gasteiger partial charge in [0.1, 0.15) is 18.2 Å². The number of hydrogen-bond donors (Lipinski definition) is 1. The summed E-state index contributed by atoms with van der Waals surface area (Å²) in [5.74, 6) is 0.108. The van der Waals surface area contributed by atoms with E-state index in [1.165, 1.54) is 18.2 Å². The van der Waals surface area contributed by atoms with E-state index in [1.807, 2.05) is 17.5 Å². The first-order valence-corrected chi connectivity index (χ1v) is 6.22. The molecule has 0 aliphatic carbocycles. The summed E-state index contributed by atoms with van der Waals surface area (Å²) >= 11 is 1.59. The third kappa shape index (κ3) is 2.87. The SMILES string of the molecule is CC(=NO)c1cc(F)ccc1OCc1cccs1. The number of ether oxygens (including phenoxy) is 1. The summed E-state index contributed by atoms with van der Waals surface area (Å²) in [7, 11) is 0. The summed E-state index contributed by atoms with van der Waals surface area (Å²) < 4.78 is 18.8. The minimum atomic E-state index is -0.392. The zero-order valence-corrected chi connectivity index (χ0v) is 10.6. The molecule has 0 bridgehead atoms. The molecular formula is C13H12FNO2S. The van der Waals surface area contributed by atoms with Crippen LogP contribution in [-0.2, 0) is 6.61 Å². The zero-order valence-electron chi connectivity index (χ0n) is 9.76. The van der Waals surface area contributed by atoms with Gasteiger partial charge in [0.25, 0.3) is 0 Å². The second kappa shape index (κ2) is 5.64. The number of rotatable bonds is 4. The highest BCUT2D eigenvalue weighted by molar-refractivity contribution is 7.09. The summed E-state index contributed by atoms with van der Waals surface area (Å²) in [6, 6.07) is 8.04. The fourth-order valence-electron chi connectivity index (χ4n) is 1.51. The Morgan fingerprint density at radius 1 is 1.44 bits per heavy atom. The lowest BCUT2D eigenvalue weighted by molar-refractivity contribution is 0.306. The van der Waals surface area contributed by atoms with E-state index in [0.717, 1.165) is 4.88 Å². The number of thiophene rings is 1. The summed E-state index contributed by atoms with van der Waals surface area (Å²) in [4.78, 5) is 1.07. The van der Waals surface area contributed by atoms with E-state index in [1.54, 1.807) is 18.3 Å². The monoisotopic (exact) mass is 265 g/mol. The Bertz CT molecular complexity index is 552. The van der Waals surface area contributed by atoms with Crippen LogP contribution in [0.15, 0.2) is 40.9 Å². The lowest BCUT2D eigenvalue weighted by Crippen LogP contribution is -2.02. The van der Waals surface area contributed by atoms with Gasteiger partial charge in [0.15, 0.2) is 0 Å². The van der Waals surface area contributed by atoms with Gasteiger partial charge in [-0.1, -0.05) is 11.2 Å². The molecule has 5 heteroatoms. The Hall–Kier alpha value is -1.88. The van der Waals surface area contributed by atoms with E-state index in [9.17, 15) is 4.39 Å². The molecule has 1 aromatic heterocycles. The van der Waals surface area contributed by atoms with Crippen molar-refractivity contribution in [3.8, 4) is 5.75 Å². The molecule has 18 heavy (non-hydrogen) atoms. The van der Waals surface area contributed by atoms with Crippen molar-refractivity contribution in [3.05, 3.63) is 52.0 Å². The lowest BCUT2D eigenvalue weighted by Gasteiger charge is -2.10. The first kappa shape index (κ1) is 12.6. The van der Waals surface area contributed by atoms with E-state index in [2.05, 4.69) is 5.16 Å². The van der Waals surface area contributed by atoms with Crippen molar-refractivity contribution < 1.29 is 14.3 Å². The minimum Gasteiger partial charge on any atom is -0.487 e. The quantitative estimate of drug-likeness (QED) is 0.520. The molecule has 2 rings (SSSR count). The van der Waals surface area contributed by atoms with Gasteiger partial charge in [0.05, 0.1) is 5.71 Å². The topological polar surface area (TPSA) is 41.8 Å². The molecule has 94 valence electrons. The van der Waals surface area contributed by atoms with Gasteiger partial charge in [0, 0.05) is 10.4 Å². The number of hydrogen-bond acceptors (Lipinski definition) is 4. The van der Waals surface area contributed by atoms with Crippen LogP contribution in [0, 0.1) is 5.82 Å². The largest absolute Gasteiger partial charge is 0.487 e. The van der Waals surface area contributed by atoms with E-state index in [0.29, 0.717) is 23.6 Å². The van der Waals surface area contributed by atoms with Crippen molar-refractivity contribution in [3.63, 3.8) is 0 Å². The first-order chi connectivity index (χ1) is 8.70. The molecule has 1 heterocycles. The predicted octanol–water partition coefficient (Wildman–Crippen LogP) is 3.66. The van der Waals surface area contributed by atoms with E-state index in [-0.39, 0.29) is 0 Å². The van der Waals surface area contributed by atoms with Gasteiger partial charge >= 0.3 is 0 Å². The van der Waals surface area contributed by atoms with Crippen molar-refractivity contribution in [2.45, 2.75) is 13.5 Å². The summed E-state index contributed by atoms with van der Waals surface area (Å²) in [6.07, 6.45) is 0. The highest BCUT2D eigenvalue weighted by Gasteiger charge is 2.09. The standard InChI is InChI=1S/C13H12FNO2S/c1-9(15-16)12-7-10(14)4-5-13(12)17-8-11-3-2-6-18-11/h2-7,16H,8H2,1H3. The maximum absolute atomic E-state index is 13.2. The Morgan fingerprint density at radius 2 is 2.28 bits per heavy atom. The fourth-order valence-corrected chi connectivity index (χ4v) is 2.12. The average Bonchev–Trinajstić information content (AvgIpc) is 2.89. The van der Waals surface area contributed by atoms with Gasteiger partial charge in [-0.05, 0) is 36.6 Å². The van der Waals surface area contributed by atoms with E-state index in [4.69, 9.17) is 9.94 Å². The van der Waals surface area contributed by atoms with Crippen LogP contribution < -0.4 is 4.74 Å². The Labute approximate surface area is 108 Å². The van der Waals surface area contributed by atoms with Crippen molar-refractivity contribution in [2.75, 3.05) is 0 Å². The fraction of sp³-hybridized carbons (Fsp3) is 0.154. The normalized spacial score (nSPS) is 11.6. The second-order valence-electron chi connectivity index (χ2n) is 3.69. The number of oxime groups is 1. The summed E-state index contributed by atoms with van der Waals surface area (Å²) in [5.41, 5.74) is 0.768. The highest BCUT2D eigenvalue weighted by atomic mass is 32.1. The molecule has 0 spiro atoms. The van der Waals surface area contributed by atoms with Gasteiger partial charge in [0.2, 0.25) is 0 Å². The molecule has 0 unspecified atom stereocenters. The van der Waals surface area contributed by atoms with Crippen LogP contribution in [0.5, 0.6) is 5.75 Å². The summed E-state index contributed by atoms with van der Waals surface area (Å²) in [5, 5.41) is 13.8.